The topological polar surface area (TPSA) is 83.6 Å². The summed E-state index contributed by atoms with van der Waals surface area (Å²) in [6, 6.07) is 4.41. The quantitative estimate of drug-likeness (QED) is 0.289. The van der Waals surface area contributed by atoms with E-state index in [1.54, 1.807) is 50.3 Å². The summed E-state index contributed by atoms with van der Waals surface area (Å²) in [6.07, 6.45) is 4.21. The highest BCUT2D eigenvalue weighted by Gasteiger charge is 2.35. The summed E-state index contributed by atoms with van der Waals surface area (Å²) < 4.78 is 26.4. The van der Waals surface area contributed by atoms with Gasteiger partial charge in [0.05, 0.1) is 11.8 Å². The Morgan fingerprint density at radius 2 is 1.92 bits per heavy atom. The fraction of sp³-hybridized carbons (Fsp3) is 0.444. The van der Waals surface area contributed by atoms with E-state index >= 15 is 0 Å². The van der Waals surface area contributed by atoms with Gasteiger partial charge < -0.3 is 4.90 Å². The van der Waals surface area contributed by atoms with Gasteiger partial charge >= 0.3 is 0 Å². The molecule has 0 heterocycles. The van der Waals surface area contributed by atoms with E-state index in [2.05, 4.69) is 20.7 Å². The molecular formula is C18H23BrN2O4S. The van der Waals surface area contributed by atoms with Crippen molar-refractivity contribution in [3.8, 4) is 0 Å². The molecule has 1 unspecified atom stereocenters. The number of Topliss-reactive ketones (excluding diaryl/α,β-unsaturated/α-hetero) is 2. The van der Waals surface area contributed by atoms with Crippen LogP contribution in [0.2, 0.25) is 0 Å². The number of nitrogens with zero attached hydrogens (tertiary/aromatic N) is 1. The average molecular weight is 443 g/mol. The first-order valence-electron chi connectivity index (χ1n) is 8.23. The Kier molecular flexibility index (Phi) is 6.42. The van der Waals surface area contributed by atoms with Crippen molar-refractivity contribution >= 4 is 37.5 Å². The van der Waals surface area contributed by atoms with E-state index in [1.165, 1.54) is 0 Å². The predicted molar refractivity (Wildman–Crippen MR) is 104 cm³/mol. The van der Waals surface area contributed by atoms with E-state index in [0.717, 1.165) is 23.6 Å². The van der Waals surface area contributed by atoms with Crippen LogP contribution >= 0.6 is 15.9 Å². The predicted octanol–water partition coefficient (Wildman–Crippen LogP) is 2.67. The smallest absolute Gasteiger partial charge is 0.209 e. The van der Waals surface area contributed by atoms with Crippen molar-refractivity contribution in [1.29, 1.82) is 0 Å². The van der Waals surface area contributed by atoms with Crippen molar-refractivity contribution in [1.82, 2.24) is 9.62 Å². The van der Waals surface area contributed by atoms with Crippen LogP contribution in [0.3, 0.4) is 0 Å². The molecule has 0 spiro atoms. The monoisotopic (exact) mass is 442 g/mol. The van der Waals surface area contributed by atoms with E-state index in [1.807, 2.05) is 0 Å². The van der Waals surface area contributed by atoms with Gasteiger partial charge in [-0.25, -0.2) is 13.1 Å². The van der Waals surface area contributed by atoms with Crippen molar-refractivity contribution in [2.24, 2.45) is 5.92 Å². The van der Waals surface area contributed by atoms with Gasteiger partial charge in [0.2, 0.25) is 10.0 Å². The number of carbonyl (C=O) groups excluding carboxylic acids is 2. The summed E-state index contributed by atoms with van der Waals surface area (Å²) in [5.74, 6) is -0.628. The van der Waals surface area contributed by atoms with E-state index < -0.39 is 16.1 Å². The van der Waals surface area contributed by atoms with Crippen molar-refractivity contribution in [2.45, 2.75) is 25.8 Å². The first-order valence-corrected chi connectivity index (χ1v) is 10.9. The number of rotatable bonds is 8. The lowest BCUT2D eigenvalue weighted by atomic mass is 9.92. The van der Waals surface area contributed by atoms with Crippen LogP contribution in [0, 0.1) is 5.92 Å². The second-order valence-corrected chi connectivity index (χ2v) is 9.51. The standard InChI is InChI=1S/C18H23BrN2O4S/c1-11(20-26(4,24)25)15-9-13(19)7-8-14(15)18(23)16(10-21(2)3)17(22)12-5-6-12/h7-12,20H,5-6H2,1-4H3. The summed E-state index contributed by atoms with van der Waals surface area (Å²) in [7, 11) is 0.0553. The summed E-state index contributed by atoms with van der Waals surface area (Å²) in [4.78, 5) is 27.4. The fourth-order valence-corrected chi connectivity index (χ4v) is 3.83. The highest BCUT2D eigenvalue weighted by atomic mass is 79.9. The van der Waals surface area contributed by atoms with Gasteiger partial charge in [0.25, 0.3) is 0 Å². The van der Waals surface area contributed by atoms with Gasteiger partial charge in [0, 0.05) is 42.3 Å². The summed E-state index contributed by atoms with van der Waals surface area (Å²) in [5.41, 5.74) is 0.967. The van der Waals surface area contributed by atoms with E-state index in [9.17, 15) is 18.0 Å². The van der Waals surface area contributed by atoms with Crippen LogP contribution in [-0.4, -0.2) is 45.2 Å². The Hall–Kier alpha value is -1.51. The lowest BCUT2D eigenvalue weighted by Crippen LogP contribution is -2.27. The molecule has 0 amide bonds. The zero-order valence-corrected chi connectivity index (χ0v) is 17.6. The van der Waals surface area contributed by atoms with Gasteiger partial charge in [-0.1, -0.05) is 15.9 Å². The maximum absolute atomic E-state index is 13.1. The molecule has 6 nitrogen and oxygen atoms in total. The Bertz CT molecular complexity index is 858. The molecule has 2 rings (SSSR count). The van der Waals surface area contributed by atoms with Crippen LogP contribution in [0.4, 0.5) is 0 Å². The number of hydrogen-bond donors (Lipinski definition) is 1. The zero-order valence-electron chi connectivity index (χ0n) is 15.2. The molecule has 1 saturated carbocycles. The molecule has 1 N–H and O–H groups in total. The van der Waals surface area contributed by atoms with Crippen LogP contribution in [0.1, 0.15) is 41.7 Å². The Morgan fingerprint density at radius 3 is 2.42 bits per heavy atom. The van der Waals surface area contributed by atoms with Crippen LogP contribution in [0.25, 0.3) is 0 Å². The van der Waals surface area contributed by atoms with Crippen LogP contribution in [-0.2, 0) is 14.8 Å². The van der Waals surface area contributed by atoms with Gasteiger partial charge in [-0.15, -0.1) is 0 Å². The van der Waals surface area contributed by atoms with E-state index in [4.69, 9.17) is 0 Å². The van der Waals surface area contributed by atoms with Crippen LogP contribution in [0.5, 0.6) is 0 Å². The molecule has 1 aliphatic carbocycles. The maximum atomic E-state index is 13.1. The third-order valence-electron chi connectivity index (χ3n) is 3.96. The molecule has 1 aromatic rings. The lowest BCUT2D eigenvalue weighted by Gasteiger charge is -2.18. The van der Waals surface area contributed by atoms with Gasteiger partial charge in [-0.2, -0.15) is 0 Å². The second kappa shape index (κ2) is 8.02. The van der Waals surface area contributed by atoms with Crippen LogP contribution < -0.4 is 4.72 Å². The molecule has 1 aliphatic rings. The third kappa shape index (κ3) is 5.49. The normalized spacial score (nSPS) is 16.3. The number of benzene rings is 1. The molecular weight excluding hydrogens is 420 g/mol. The Balaban J connectivity index is 2.48. The molecule has 0 aromatic heterocycles. The molecule has 26 heavy (non-hydrogen) atoms. The minimum absolute atomic E-state index is 0.0874. The summed E-state index contributed by atoms with van der Waals surface area (Å²) in [6.45, 7) is 1.66. The highest BCUT2D eigenvalue weighted by molar-refractivity contribution is 9.10. The first-order chi connectivity index (χ1) is 12.0. The number of allylic oxidation sites excluding steroid dienone is 1. The number of ketones is 2. The number of hydrogen-bond acceptors (Lipinski definition) is 5. The molecule has 1 aromatic carbocycles. The summed E-state index contributed by atoms with van der Waals surface area (Å²) >= 11 is 3.35. The lowest BCUT2D eigenvalue weighted by molar-refractivity contribution is -0.116. The van der Waals surface area contributed by atoms with Gasteiger partial charge in [0.1, 0.15) is 0 Å². The molecule has 142 valence electrons. The second-order valence-electron chi connectivity index (χ2n) is 6.82. The van der Waals surface area contributed by atoms with Gasteiger partial charge in [-0.05, 0) is 43.5 Å². The molecule has 1 atom stereocenters. The number of carbonyl (C=O) groups is 2. The van der Waals surface area contributed by atoms with Crippen molar-refractivity contribution < 1.29 is 18.0 Å². The molecule has 0 radical (unpaired) electrons. The number of sulfonamides is 1. The largest absolute Gasteiger partial charge is 0.383 e. The zero-order chi connectivity index (χ0) is 19.6. The van der Waals surface area contributed by atoms with Crippen LogP contribution in [0.15, 0.2) is 34.4 Å². The molecule has 1 fully saturated rings. The Morgan fingerprint density at radius 1 is 1.31 bits per heavy atom. The minimum Gasteiger partial charge on any atom is -0.383 e. The average Bonchev–Trinajstić information content (AvgIpc) is 3.34. The van der Waals surface area contributed by atoms with Crippen molar-refractivity contribution in [3.63, 3.8) is 0 Å². The van der Waals surface area contributed by atoms with Gasteiger partial charge in [-0.3, -0.25) is 9.59 Å². The van der Waals surface area contributed by atoms with E-state index in [0.29, 0.717) is 11.1 Å². The molecule has 0 bridgehead atoms. The Labute approximate surface area is 162 Å². The minimum atomic E-state index is -3.45. The maximum Gasteiger partial charge on any atom is 0.209 e. The molecule has 0 saturated heterocycles. The van der Waals surface area contributed by atoms with Gasteiger partial charge in [0.15, 0.2) is 11.6 Å². The third-order valence-corrected chi connectivity index (χ3v) is 5.24. The fourth-order valence-electron chi connectivity index (χ4n) is 2.69. The van der Waals surface area contributed by atoms with Crippen molar-refractivity contribution in [3.05, 3.63) is 45.6 Å². The number of nitrogens with one attached hydrogen (secondary N) is 1. The number of halogens is 1. The van der Waals surface area contributed by atoms with E-state index in [-0.39, 0.29) is 23.1 Å². The SMILES string of the molecule is CC(NS(C)(=O)=O)c1cc(Br)ccc1C(=O)C(=CN(C)C)C(=O)C1CC1. The molecule has 0 aliphatic heterocycles. The molecule has 8 heteroatoms. The highest BCUT2D eigenvalue weighted by Crippen LogP contribution is 2.34. The van der Waals surface area contributed by atoms with Crippen molar-refractivity contribution in [2.75, 3.05) is 20.4 Å². The summed E-state index contributed by atoms with van der Waals surface area (Å²) in [5, 5.41) is 0. The first kappa shape index (κ1) is 20.8.